The van der Waals surface area contributed by atoms with Crippen LogP contribution >= 0.6 is 22.7 Å². The molecule has 0 radical (unpaired) electrons. The predicted octanol–water partition coefficient (Wildman–Crippen LogP) is 6.17. The summed E-state index contributed by atoms with van der Waals surface area (Å²) in [4.78, 5) is 10.7. The number of pyridine rings is 1. The van der Waals surface area contributed by atoms with Gasteiger partial charge in [-0.15, -0.1) is 22.7 Å². The van der Waals surface area contributed by atoms with Crippen molar-refractivity contribution in [2.24, 2.45) is 0 Å². The third-order valence-electron chi connectivity index (χ3n) is 5.61. The number of nitrogens with zero attached hydrogens (tertiary/aromatic N) is 2. The number of hydrogen-bond donors (Lipinski definition) is 2. The van der Waals surface area contributed by atoms with Crippen LogP contribution in [-0.2, 0) is 0 Å². The zero-order valence-electron chi connectivity index (χ0n) is 15.8. The fourth-order valence-corrected chi connectivity index (χ4v) is 5.99. The van der Waals surface area contributed by atoms with Crippen molar-refractivity contribution in [2.45, 2.75) is 38.1 Å². The van der Waals surface area contributed by atoms with Crippen molar-refractivity contribution in [2.75, 3.05) is 11.9 Å². The number of thiazole rings is 1. The van der Waals surface area contributed by atoms with E-state index in [2.05, 4.69) is 33.6 Å². The maximum Gasteiger partial charge on any atom is 0.176 e. The minimum atomic E-state index is -0.664. The molecule has 150 valence electrons. The van der Waals surface area contributed by atoms with Crippen molar-refractivity contribution in [1.82, 2.24) is 15.3 Å². The molecule has 8 heteroatoms. The quantitative estimate of drug-likeness (QED) is 0.408. The SMILES string of the molecule is CC1NCCCCC1c1cc2c(Nc3c(F)cc4scnc4c3F)ccnc2s1. The molecule has 2 atom stereocenters. The van der Waals surface area contributed by atoms with Crippen LogP contribution in [0.15, 0.2) is 29.9 Å². The van der Waals surface area contributed by atoms with Gasteiger partial charge >= 0.3 is 0 Å². The summed E-state index contributed by atoms with van der Waals surface area (Å²) >= 11 is 2.89. The zero-order valence-corrected chi connectivity index (χ0v) is 17.5. The van der Waals surface area contributed by atoms with Crippen molar-refractivity contribution in [3.05, 3.63) is 46.4 Å². The van der Waals surface area contributed by atoms with Gasteiger partial charge in [-0.25, -0.2) is 18.7 Å². The fraction of sp³-hybridized carbons (Fsp3) is 0.333. The minimum absolute atomic E-state index is 0.173. The van der Waals surface area contributed by atoms with Crippen molar-refractivity contribution in [3.8, 4) is 0 Å². The highest BCUT2D eigenvalue weighted by molar-refractivity contribution is 7.18. The van der Waals surface area contributed by atoms with Crippen LogP contribution in [0.5, 0.6) is 0 Å². The van der Waals surface area contributed by atoms with Gasteiger partial charge in [0.2, 0.25) is 0 Å². The molecule has 5 rings (SSSR count). The Morgan fingerprint density at radius 2 is 2.10 bits per heavy atom. The third kappa shape index (κ3) is 3.39. The Hall–Kier alpha value is -2.16. The number of fused-ring (bicyclic) bond motifs is 2. The molecule has 0 aliphatic carbocycles. The number of rotatable bonds is 3. The van der Waals surface area contributed by atoms with E-state index in [0.29, 0.717) is 22.3 Å². The highest BCUT2D eigenvalue weighted by atomic mass is 32.1. The average Bonchev–Trinajstić information content (AvgIpc) is 3.29. The smallest absolute Gasteiger partial charge is 0.176 e. The molecule has 1 fully saturated rings. The number of nitrogens with one attached hydrogen (secondary N) is 2. The van der Waals surface area contributed by atoms with Crippen LogP contribution in [0.1, 0.15) is 37.0 Å². The highest BCUT2D eigenvalue weighted by Gasteiger charge is 2.24. The summed E-state index contributed by atoms with van der Waals surface area (Å²) < 4.78 is 30.0. The first-order valence-corrected chi connectivity index (χ1v) is 11.4. The van der Waals surface area contributed by atoms with Crippen molar-refractivity contribution >= 4 is 54.5 Å². The fourth-order valence-electron chi connectivity index (χ4n) is 4.03. The van der Waals surface area contributed by atoms with Crippen LogP contribution in [0.4, 0.5) is 20.2 Å². The summed E-state index contributed by atoms with van der Waals surface area (Å²) in [5.41, 5.74) is 2.19. The Morgan fingerprint density at radius 1 is 1.21 bits per heavy atom. The molecule has 1 aliphatic rings. The van der Waals surface area contributed by atoms with Gasteiger partial charge in [0.05, 0.1) is 15.9 Å². The molecule has 1 saturated heterocycles. The Labute approximate surface area is 175 Å². The normalized spacial score (nSPS) is 20.2. The van der Waals surface area contributed by atoms with E-state index in [4.69, 9.17) is 0 Å². The van der Waals surface area contributed by atoms with Gasteiger partial charge in [0.1, 0.15) is 16.0 Å². The molecule has 4 aromatic rings. The number of benzene rings is 1. The lowest BCUT2D eigenvalue weighted by Crippen LogP contribution is -2.30. The van der Waals surface area contributed by atoms with Gasteiger partial charge in [-0.2, -0.15) is 0 Å². The van der Waals surface area contributed by atoms with E-state index in [-0.39, 0.29) is 11.2 Å². The first kappa shape index (κ1) is 18.8. The van der Waals surface area contributed by atoms with E-state index in [1.54, 1.807) is 23.6 Å². The topological polar surface area (TPSA) is 49.8 Å². The van der Waals surface area contributed by atoms with Gasteiger partial charge in [-0.3, -0.25) is 0 Å². The molecule has 29 heavy (non-hydrogen) atoms. The van der Waals surface area contributed by atoms with E-state index < -0.39 is 11.6 Å². The number of thiophene rings is 1. The molecular formula is C21H20F2N4S2. The number of aromatic nitrogens is 2. The highest BCUT2D eigenvalue weighted by Crippen LogP contribution is 2.39. The van der Waals surface area contributed by atoms with Gasteiger partial charge in [-0.05, 0) is 44.5 Å². The summed E-state index contributed by atoms with van der Waals surface area (Å²) in [6.45, 7) is 3.27. The monoisotopic (exact) mass is 430 g/mol. The maximum atomic E-state index is 14.9. The van der Waals surface area contributed by atoms with Crippen LogP contribution in [-0.4, -0.2) is 22.6 Å². The van der Waals surface area contributed by atoms with Crippen molar-refractivity contribution < 1.29 is 8.78 Å². The molecule has 4 nitrogen and oxygen atoms in total. The molecule has 1 aliphatic heterocycles. The molecule has 3 aromatic heterocycles. The maximum absolute atomic E-state index is 14.9. The first-order chi connectivity index (χ1) is 14.1. The van der Waals surface area contributed by atoms with Gasteiger partial charge < -0.3 is 10.6 Å². The predicted molar refractivity (Wildman–Crippen MR) is 116 cm³/mol. The van der Waals surface area contributed by atoms with Crippen LogP contribution in [0.3, 0.4) is 0 Å². The van der Waals surface area contributed by atoms with E-state index in [9.17, 15) is 8.78 Å². The average molecular weight is 431 g/mol. The van der Waals surface area contributed by atoms with E-state index in [0.717, 1.165) is 23.2 Å². The van der Waals surface area contributed by atoms with Crippen LogP contribution < -0.4 is 10.6 Å². The molecule has 2 unspecified atom stereocenters. The Kier molecular flexibility index (Phi) is 4.93. The van der Waals surface area contributed by atoms with E-state index in [1.165, 1.54) is 40.6 Å². The lowest BCUT2D eigenvalue weighted by atomic mass is 9.94. The van der Waals surface area contributed by atoms with Crippen LogP contribution in [0.25, 0.3) is 20.4 Å². The number of hydrogen-bond acceptors (Lipinski definition) is 6. The van der Waals surface area contributed by atoms with Gasteiger partial charge in [0.25, 0.3) is 0 Å². The summed E-state index contributed by atoms with van der Waals surface area (Å²) in [6.07, 6.45) is 5.19. The Balaban J connectivity index is 1.55. The third-order valence-corrected chi connectivity index (χ3v) is 7.56. The summed E-state index contributed by atoms with van der Waals surface area (Å²) in [7, 11) is 0. The number of halogens is 2. The molecular weight excluding hydrogens is 410 g/mol. The summed E-state index contributed by atoms with van der Waals surface area (Å²) in [5.74, 6) is -0.867. The molecule has 0 saturated carbocycles. The Morgan fingerprint density at radius 3 is 3.00 bits per heavy atom. The second kappa shape index (κ2) is 7.59. The van der Waals surface area contributed by atoms with Crippen LogP contribution in [0, 0.1) is 11.6 Å². The molecule has 1 aromatic carbocycles. The van der Waals surface area contributed by atoms with Gasteiger partial charge in [-0.1, -0.05) is 6.42 Å². The van der Waals surface area contributed by atoms with E-state index in [1.807, 2.05) is 0 Å². The molecule has 2 N–H and O–H groups in total. The molecule has 0 spiro atoms. The summed E-state index contributed by atoms with van der Waals surface area (Å²) in [5, 5.41) is 7.45. The molecule has 0 amide bonds. The molecule has 4 heterocycles. The van der Waals surface area contributed by atoms with Crippen LogP contribution in [0.2, 0.25) is 0 Å². The largest absolute Gasteiger partial charge is 0.350 e. The lowest BCUT2D eigenvalue weighted by molar-refractivity contribution is 0.488. The second-order valence-electron chi connectivity index (χ2n) is 7.44. The van der Waals surface area contributed by atoms with Gasteiger partial charge in [0.15, 0.2) is 11.6 Å². The second-order valence-corrected chi connectivity index (χ2v) is 9.39. The zero-order chi connectivity index (χ0) is 20.0. The Bertz CT molecular complexity index is 1190. The van der Waals surface area contributed by atoms with Crippen molar-refractivity contribution in [3.63, 3.8) is 0 Å². The van der Waals surface area contributed by atoms with Gasteiger partial charge in [0, 0.05) is 28.4 Å². The number of anilines is 2. The summed E-state index contributed by atoms with van der Waals surface area (Å²) in [6, 6.07) is 5.61. The standard InChI is InChI=1S/C21H20F2N4S2/c1-11-12(4-2-3-6-24-11)16-8-13-15(5-7-25-21(13)29-16)27-19-14(22)9-17-20(18(19)23)26-10-28-17/h5,7-12,24H,2-4,6H2,1H3,(H,25,27). The first-order valence-electron chi connectivity index (χ1n) is 9.72. The van der Waals surface area contributed by atoms with E-state index >= 15 is 0 Å². The minimum Gasteiger partial charge on any atom is -0.350 e. The molecule has 0 bridgehead atoms. The van der Waals surface area contributed by atoms with Crippen molar-refractivity contribution in [1.29, 1.82) is 0 Å². The lowest BCUT2D eigenvalue weighted by Gasteiger charge is -2.20.